The maximum atomic E-state index is 6.33. The van der Waals surface area contributed by atoms with Crippen molar-refractivity contribution in [1.82, 2.24) is 15.0 Å². The van der Waals surface area contributed by atoms with Crippen LogP contribution in [-0.2, 0) is 5.41 Å². The summed E-state index contributed by atoms with van der Waals surface area (Å²) in [5.41, 5.74) is 11.1. The summed E-state index contributed by atoms with van der Waals surface area (Å²) in [7, 11) is 0. The van der Waals surface area contributed by atoms with Gasteiger partial charge in [-0.3, -0.25) is 0 Å². The Morgan fingerprint density at radius 2 is 1.04 bits per heavy atom. The minimum Gasteiger partial charge on any atom is -0.456 e. The number of hydrogen-bond acceptors (Lipinski definition) is 6. The van der Waals surface area contributed by atoms with Crippen LogP contribution in [0.3, 0.4) is 0 Å². The number of nitrogens with zero attached hydrogens (tertiary/aromatic N) is 3. The second kappa shape index (κ2) is 10.7. The van der Waals surface area contributed by atoms with Crippen molar-refractivity contribution in [3.8, 4) is 45.3 Å². The lowest BCUT2D eigenvalue weighted by Gasteiger charge is -2.24. The van der Waals surface area contributed by atoms with Gasteiger partial charge in [0.15, 0.2) is 17.5 Å². The Hall–Kier alpha value is -6.63. The fraction of sp³-hybridized carbons (Fsp3) is 0.0625. The first-order valence-electron chi connectivity index (χ1n) is 18.2. The third-order valence-electron chi connectivity index (χ3n) is 11.3. The van der Waals surface area contributed by atoms with E-state index in [0.29, 0.717) is 17.5 Å². The lowest BCUT2D eigenvalue weighted by atomic mass is 9.80. The maximum absolute atomic E-state index is 6.33. The zero-order valence-corrected chi connectivity index (χ0v) is 30.2. The molecular weight excluding hydrogens is 683 g/mol. The number of para-hydroxylation sites is 2. The monoisotopic (exact) mass is 711 g/mol. The molecular formula is C48H29N3O2S. The minimum absolute atomic E-state index is 0.241. The molecule has 6 heteroatoms. The molecule has 1 aliphatic rings. The number of fused-ring (bicyclic) bond motifs is 12. The molecule has 4 heterocycles. The van der Waals surface area contributed by atoms with Crippen molar-refractivity contribution in [3.05, 3.63) is 151 Å². The van der Waals surface area contributed by atoms with Crippen LogP contribution in [0.5, 0.6) is 0 Å². The van der Waals surface area contributed by atoms with E-state index in [1.54, 1.807) is 11.3 Å². The van der Waals surface area contributed by atoms with Crippen molar-refractivity contribution in [2.75, 3.05) is 0 Å². The summed E-state index contributed by atoms with van der Waals surface area (Å²) in [4.78, 5) is 15.9. The van der Waals surface area contributed by atoms with Crippen LogP contribution in [0.2, 0.25) is 0 Å². The average molecular weight is 712 g/mol. The molecule has 0 radical (unpaired) electrons. The lowest BCUT2D eigenvalue weighted by Crippen LogP contribution is -2.17. The van der Waals surface area contributed by atoms with Crippen molar-refractivity contribution in [2.45, 2.75) is 19.3 Å². The molecule has 54 heavy (non-hydrogen) atoms. The highest BCUT2D eigenvalue weighted by molar-refractivity contribution is 7.26. The molecule has 0 saturated heterocycles. The number of aromatic nitrogens is 3. The van der Waals surface area contributed by atoms with Crippen molar-refractivity contribution in [3.63, 3.8) is 0 Å². The van der Waals surface area contributed by atoms with Crippen molar-refractivity contribution in [1.29, 1.82) is 0 Å². The quantitative estimate of drug-likeness (QED) is 0.183. The Morgan fingerprint density at radius 1 is 0.444 bits per heavy atom. The number of furan rings is 2. The molecule has 11 aromatic rings. The van der Waals surface area contributed by atoms with Gasteiger partial charge in [0, 0.05) is 63.8 Å². The largest absolute Gasteiger partial charge is 0.456 e. The minimum atomic E-state index is -0.241. The van der Waals surface area contributed by atoms with E-state index >= 15 is 0 Å². The van der Waals surface area contributed by atoms with Gasteiger partial charge in [-0.1, -0.05) is 111 Å². The summed E-state index contributed by atoms with van der Waals surface area (Å²) >= 11 is 1.75. The first-order chi connectivity index (χ1) is 26.5. The van der Waals surface area contributed by atoms with Crippen LogP contribution in [-0.4, -0.2) is 15.0 Å². The van der Waals surface area contributed by atoms with Crippen LogP contribution in [0.1, 0.15) is 25.0 Å². The predicted octanol–water partition coefficient (Wildman–Crippen LogP) is 13.3. The highest BCUT2D eigenvalue weighted by atomic mass is 32.1. The van der Waals surface area contributed by atoms with E-state index in [0.717, 1.165) is 70.0 Å². The summed E-state index contributed by atoms with van der Waals surface area (Å²) in [5.74, 6) is 1.89. The third-order valence-corrected chi connectivity index (χ3v) is 12.5. The summed E-state index contributed by atoms with van der Waals surface area (Å²) < 4.78 is 14.9. The Labute approximate surface area is 313 Å². The molecule has 7 aromatic carbocycles. The summed E-state index contributed by atoms with van der Waals surface area (Å²) in [6.07, 6.45) is 0. The zero-order valence-electron chi connectivity index (χ0n) is 29.3. The highest BCUT2D eigenvalue weighted by Gasteiger charge is 2.38. The van der Waals surface area contributed by atoms with Gasteiger partial charge in [-0.05, 0) is 64.7 Å². The molecule has 0 fully saturated rings. The Bertz CT molecular complexity index is 3380. The molecule has 5 nitrogen and oxygen atoms in total. The standard InChI is InChI=1S/C48H29N3O2S/c1-48(2)37-18-6-3-11-27(37)31-14-9-16-33(43(31)48)46-49-45(26-21-22-30-28-12-4-7-19-38(28)52-40(30)23-26)50-47(51-46)34-17-10-15-32-36-24-35-29-13-5-8-20-39(29)53-41(35)25-42(36)54-44(32)34/h3-25H,1-2H3. The average Bonchev–Trinajstić information content (AvgIpc) is 3.94. The van der Waals surface area contributed by atoms with E-state index in [-0.39, 0.29) is 5.41 Å². The van der Waals surface area contributed by atoms with Crippen molar-refractivity contribution < 1.29 is 8.83 Å². The third kappa shape index (κ3) is 4.11. The number of hydrogen-bond donors (Lipinski definition) is 0. The molecule has 4 aromatic heterocycles. The highest BCUT2D eigenvalue weighted by Crippen LogP contribution is 2.52. The second-order valence-electron chi connectivity index (χ2n) is 14.7. The Balaban J connectivity index is 1.11. The molecule has 12 rings (SSSR count). The van der Waals surface area contributed by atoms with E-state index in [1.165, 1.54) is 33.0 Å². The molecule has 0 atom stereocenters. The summed E-state index contributed by atoms with van der Waals surface area (Å²) in [6.45, 7) is 4.61. The van der Waals surface area contributed by atoms with Gasteiger partial charge in [0.25, 0.3) is 0 Å². The topological polar surface area (TPSA) is 65.0 Å². The van der Waals surface area contributed by atoms with Crippen LogP contribution in [0.15, 0.2) is 148 Å². The van der Waals surface area contributed by atoms with Gasteiger partial charge >= 0.3 is 0 Å². The molecule has 0 unspecified atom stereocenters. The molecule has 0 amide bonds. The smallest absolute Gasteiger partial charge is 0.165 e. The van der Waals surface area contributed by atoms with Gasteiger partial charge in [0.2, 0.25) is 0 Å². The zero-order chi connectivity index (χ0) is 35.7. The maximum Gasteiger partial charge on any atom is 0.165 e. The molecule has 0 N–H and O–H groups in total. The lowest BCUT2D eigenvalue weighted by molar-refractivity contribution is 0.661. The van der Waals surface area contributed by atoms with Gasteiger partial charge < -0.3 is 8.83 Å². The fourth-order valence-corrected chi connectivity index (χ4v) is 10.1. The molecule has 0 spiro atoms. The number of thiophene rings is 1. The van der Waals surface area contributed by atoms with E-state index in [4.69, 9.17) is 23.8 Å². The van der Waals surface area contributed by atoms with Crippen LogP contribution in [0.25, 0.3) is 109 Å². The fourth-order valence-electron chi connectivity index (χ4n) is 8.84. The number of benzene rings is 7. The molecule has 0 aliphatic heterocycles. The number of rotatable bonds is 3. The summed E-state index contributed by atoms with van der Waals surface area (Å²) in [6, 6.07) is 48.8. The Morgan fingerprint density at radius 3 is 1.87 bits per heavy atom. The molecule has 0 saturated carbocycles. The SMILES string of the molecule is CC1(C)c2ccccc2-c2cccc(-c3nc(-c4ccc5c(c4)oc4ccccc45)nc(-c4cccc5c4sc4cc6oc7ccccc7c6cc45)n3)c21. The second-order valence-corrected chi connectivity index (χ2v) is 15.8. The van der Waals surface area contributed by atoms with Gasteiger partial charge in [-0.2, -0.15) is 0 Å². The van der Waals surface area contributed by atoms with E-state index in [9.17, 15) is 0 Å². The van der Waals surface area contributed by atoms with E-state index in [1.807, 2.05) is 30.3 Å². The van der Waals surface area contributed by atoms with Gasteiger partial charge in [-0.15, -0.1) is 11.3 Å². The van der Waals surface area contributed by atoms with Crippen LogP contribution in [0, 0.1) is 0 Å². The predicted molar refractivity (Wildman–Crippen MR) is 221 cm³/mol. The van der Waals surface area contributed by atoms with Crippen LogP contribution in [0.4, 0.5) is 0 Å². The van der Waals surface area contributed by atoms with E-state index < -0.39 is 0 Å². The summed E-state index contributed by atoms with van der Waals surface area (Å²) in [5, 5.41) is 6.77. The first-order valence-corrected chi connectivity index (χ1v) is 19.0. The van der Waals surface area contributed by atoms with Gasteiger partial charge in [0.1, 0.15) is 22.3 Å². The normalized spacial score (nSPS) is 13.5. The van der Waals surface area contributed by atoms with Crippen LogP contribution >= 0.6 is 11.3 Å². The molecule has 0 bridgehead atoms. The van der Waals surface area contributed by atoms with Gasteiger partial charge in [-0.25, -0.2) is 15.0 Å². The van der Waals surface area contributed by atoms with Gasteiger partial charge in [0.05, 0.1) is 0 Å². The molecule has 1 aliphatic carbocycles. The van der Waals surface area contributed by atoms with Crippen molar-refractivity contribution >= 4 is 75.4 Å². The van der Waals surface area contributed by atoms with Crippen LogP contribution < -0.4 is 0 Å². The van der Waals surface area contributed by atoms with Crippen molar-refractivity contribution in [2.24, 2.45) is 0 Å². The Kier molecular flexibility index (Phi) is 5.93. The van der Waals surface area contributed by atoms with E-state index in [2.05, 4.69) is 123 Å². The first kappa shape index (κ1) is 29.9. The molecule has 254 valence electrons.